The van der Waals surface area contributed by atoms with Gasteiger partial charge in [0, 0.05) is 34.0 Å². The van der Waals surface area contributed by atoms with Crippen molar-refractivity contribution in [1.82, 2.24) is 0 Å². The van der Waals surface area contributed by atoms with Gasteiger partial charge in [-0.2, -0.15) is 23.5 Å². The fourth-order valence-corrected chi connectivity index (χ4v) is 6.97. The van der Waals surface area contributed by atoms with Crippen molar-refractivity contribution in [3.8, 4) is 0 Å². The zero-order chi connectivity index (χ0) is 14.3. The summed E-state index contributed by atoms with van der Waals surface area (Å²) < 4.78 is 6.23. The van der Waals surface area contributed by atoms with Crippen molar-refractivity contribution in [2.75, 3.05) is 11.5 Å². The largest absolute Gasteiger partial charge is 0.369 e. The van der Waals surface area contributed by atoms with Crippen LogP contribution in [0, 0.1) is 5.92 Å². The molecule has 2 saturated heterocycles. The lowest BCUT2D eigenvalue weighted by Crippen LogP contribution is -2.51. The molecule has 2 aliphatic heterocycles. The quantitative estimate of drug-likeness (QED) is 0.865. The van der Waals surface area contributed by atoms with Gasteiger partial charge in [-0.05, 0) is 40.5 Å². The lowest BCUT2D eigenvalue weighted by molar-refractivity contribution is -0.0766. The van der Waals surface area contributed by atoms with Crippen LogP contribution in [0.3, 0.4) is 0 Å². The predicted octanol–water partition coefficient (Wildman–Crippen LogP) is 3.53. The summed E-state index contributed by atoms with van der Waals surface area (Å²) >= 11 is 4.21. The van der Waals surface area contributed by atoms with E-state index < -0.39 is 0 Å². The van der Waals surface area contributed by atoms with Crippen molar-refractivity contribution in [2.24, 2.45) is 11.7 Å². The summed E-state index contributed by atoms with van der Waals surface area (Å²) in [5, 5.41) is 1.30. The van der Waals surface area contributed by atoms with Gasteiger partial charge in [0.15, 0.2) is 0 Å². The molecule has 2 fully saturated rings. The van der Waals surface area contributed by atoms with Crippen molar-refractivity contribution in [3.63, 3.8) is 0 Å². The average Bonchev–Trinajstić information content (AvgIpc) is 2.56. The zero-order valence-corrected chi connectivity index (χ0v) is 14.6. The lowest BCUT2D eigenvalue weighted by Gasteiger charge is -2.40. The molecule has 4 atom stereocenters. The third-order valence-corrected chi connectivity index (χ3v) is 7.87. The molecule has 0 saturated carbocycles. The van der Waals surface area contributed by atoms with Crippen LogP contribution in [0.4, 0.5) is 0 Å². The number of thioether (sulfide) groups is 2. The van der Waals surface area contributed by atoms with E-state index in [1.165, 1.54) is 17.9 Å². The number of hydrogen-bond donors (Lipinski definition) is 1. The van der Waals surface area contributed by atoms with Gasteiger partial charge in [-0.3, -0.25) is 0 Å². The minimum Gasteiger partial charge on any atom is -0.369 e. The first-order chi connectivity index (χ1) is 8.77. The van der Waals surface area contributed by atoms with Crippen molar-refractivity contribution in [1.29, 1.82) is 0 Å². The first-order valence-corrected chi connectivity index (χ1v) is 9.55. The molecule has 4 heteroatoms. The second-order valence-corrected chi connectivity index (χ2v) is 9.64. The van der Waals surface area contributed by atoms with Gasteiger partial charge in [-0.25, -0.2) is 0 Å². The van der Waals surface area contributed by atoms with E-state index in [9.17, 15) is 0 Å². The molecule has 0 radical (unpaired) electrons. The Morgan fingerprint density at radius 2 is 1.84 bits per heavy atom. The Labute approximate surface area is 127 Å². The molecule has 19 heavy (non-hydrogen) atoms. The van der Waals surface area contributed by atoms with Crippen LogP contribution in [0.1, 0.15) is 47.5 Å². The molecule has 2 N–H and O–H groups in total. The molecule has 2 rings (SSSR count). The third-order valence-electron chi connectivity index (χ3n) is 4.48. The molecule has 0 spiro atoms. The van der Waals surface area contributed by atoms with Crippen LogP contribution in [0.25, 0.3) is 0 Å². The summed E-state index contributed by atoms with van der Waals surface area (Å²) in [5.41, 5.74) is 6.58. The average molecular weight is 304 g/mol. The minimum atomic E-state index is -0.0934. The van der Waals surface area contributed by atoms with Gasteiger partial charge in [0.25, 0.3) is 0 Å². The second-order valence-electron chi connectivity index (χ2n) is 7.01. The summed E-state index contributed by atoms with van der Waals surface area (Å²) in [6.07, 6.45) is 2.31. The van der Waals surface area contributed by atoms with Crippen LogP contribution < -0.4 is 5.73 Å². The van der Waals surface area contributed by atoms with Crippen LogP contribution >= 0.6 is 23.5 Å². The number of ether oxygens (including phenoxy) is 1. The zero-order valence-electron chi connectivity index (χ0n) is 12.9. The molecular formula is C15H29NOS2. The second kappa shape index (κ2) is 5.78. The van der Waals surface area contributed by atoms with Gasteiger partial charge >= 0.3 is 0 Å². The van der Waals surface area contributed by atoms with Gasteiger partial charge in [0.1, 0.15) is 0 Å². The monoisotopic (exact) mass is 303 g/mol. The molecule has 0 bridgehead atoms. The fraction of sp³-hybridized carbons (Fsp3) is 1.00. The summed E-state index contributed by atoms with van der Waals surface area (Å²) in [6, 6.07) is 0.250. The Hall–Kier alpha value is 0.620. The van der Waals surface area contributed by atoms with Crippen LogP contribution in [-0.4, -0.2) is 39.2 Å². The molecule has 2 heterocycles. The molecule has 112 valence electrons. The molecule has 0 amide bonds. The standard InChI is InChI=1S/C15H29NOS2/c1-6-11-13(19-8-7-18-11)12(16)10-9-14(2,3)17-15(10,4)5/h10-13H,6-9,16H2,1-5H3. The molecule has 0 aromatic rings. The Morgan fingerprint density at radius 1 is 1.21 bits per heavy atom. The molecule has 0 aromatic heterocycles. The first-order valence-electron chi connectivity index (χ1n) is 7.46. The summed E-state index contributed by atoms with van der Waals surface area (Å²) in [7, 11) is 0. The highest BCUT2D eigenvalue weighted by atomic mass is 32.2. The van der Waals surface area contributed by atoms with Gasteiger partial charge in [-0.1, -0.05) is 6.92 Å². The van der Waals surface area contributed by atoms with Crippen molar-refractivity contribution < 1.29 is 4.74 Å². The fourth-order valence-electron chi connectivity index (χ4n) is 3.73. The number of hydrogen-bond acceptors (Lipinski definition) is 4. The first kappa shape index (κ1) is 16.0. The Balaban J connectivity index is 2.12. The Kier molecular flexibility index (Phi) is 4.87. The topological polar surface area (TPSA) is 35.2 Å². The SMILES string of the molecule is CCC1SCCSC1C(N)C1CC(C)(C)OC1(C)C. The van der Waals surface area contributed by atoms with Gasteiger partial charge in [-0.15, -0.1) is 0 Å². The smallest absolute Gasteiger partial charge is 0.0678 e. The molecular weight excluding hydrogens is 274 g/mol. The van der Waals surface area contributed by atoms with E-state index in [-0.39, 0.29) is 17.2 Å². The molecule has 0 aromatic carbocycles. The van der Waals surface area contributed by atoms with E-state index in [0.717, 1.165) is 6.42 Å². The molecule has 2 aliphatic rings. The number of rotatable bonds is 3. The highest BCUT2D eigenvalue weighted by molar-refractivity contribution is 8.07. The van der Waals surface area contributed by atoms with E-state index in [1.807, 2.05) is 0 Å². The van der Waals surface area contributed by atoms with E-state index in [2.05, 4.69) is 58.1 Å². The normalized spacial score (nSPS) is 39.2. The van der Waals surface area contributed by atoms with Crippen molar-refractivity contribution in [2.45, 2.75) is 75.2 Å². The van der Waals surface area contributed by atoms with E-state index in [1.54, 1.807) is 0 Å². The van der Waals surface area contributed by atoms with Crippen molar-refractivity contribution >= 4 is 23.5 Å². The maximum Gasteiger partial charge on any atom is 0.0678 e. The van der Waals surface area contributed by atoms with Gasteiger partial charge < -0.3 is 10.5 Å². The molecule has 2 nitrogen and oxygen atoms in total. The maximum absolute atomic E-state index is 6.70. The molecule has 0 aliphatic carbocycles. The van der Waals surface area contributed by atoms with Gasteiger partial charge in [0.2, 0.25) is 0 Å². The van der Waals surface area contributed by atoms with Crippen LogP contribution in [0.15, 0.2) is 0 Å². The maximum atomic E-state index is 6.70. The summed E-state index contributed by atoms with van der Waals surface area (Å²) in [4.78, 5) is 0. The minimum absolute atomic E-state index is 0.0278. The van der Waals surface area contributed by atoms with E-state index in [0.29, 0.717) is 16.4 Å². The van der Waals surface area contributed by atoms with Crippen LogP contribution in [-0.2, 0) is 4.74 Å². The predicted molar refractivity (Wildman–Crippen MR) is 88.1 cm³/mol. The summed E-state index contributed by atoms with van der Waals surface area (Å²) in [5.74, 6) is 2.99. The lowest BCUT2D eigenvalue weighted by atomic mass is 9.80. The summed E-state index contributed by atoms with van der Waals surface area (Å²) in [6.45, 7) is 11.1. The van der Waals surface area contributed by atoms with E-state index >= 15 is 0 Å². The van der Waals surface area contributed by atoms with Crippen LogP contribution in [0.2, 0.25) is 0 Å². The Bertz CT molecular complexity index is 319. The highest BCUT2D eigenvalue weighted by Crippen LogP contribution is 2.47. The molecule has 4 unspecified atom stereocenters. The Morgan fingerprint density at radius 3 is 2.37 bits per heavy atom. The highest BCUT2D eigenvalue weighted by Gasteiger charge is 2.50. The van der Waals surface area contributed by atoms with Gasteiger partial charge in [0.05, 0.1) is 11.2 Å². The van der Waals surface area contributed by atoms with Crippen LogP contribution in [0.5, 0.6) is 0 Å². The van der Waals surface area contributed by atoms with E-state index in [4.69, 9.17) is 10.5 Å². The number of nitrogens with two attached hydrogens (primary N) is 1. The van der Waals surface area contributed by atoms with Crippen molar-refractivity contribution in [3.05, 3.63) is 0 Å². The third kappa shape index (κ3) is 3.45.